The predicted octanol–water partition coefficient (Wildman–Crippen LogP) is 3.92. The largest absolute Gasteiger partial charge is 0.443 e. The van der Waals surface area contributed by atoms with E-state index in [1.165, 1.54) is 0 Å². The molecule has 0 N–H and O–H groups in total. The number of nitrogens with zero attached hydrogens (tertiary/aromatic N) is 1. The lowest BCUT2D eigenvalue weighted by atomic mass is 9.91. The van der Waals surface area contributed by atoms with Crippen LogP contribution in [0.1, 0.15) is 44.6 Å². The Balaban J connectivity index is 1.19. The molecule has 2 atom stereocenters. The van der Waals surface area contributed by atoms with Gasteiger partial charge in [-0.25, -0.2) is 22.0 Å². The number of amides is 1. The van der Waals surface area contributed by atoms with Gasteiger partial charge < -0.3 is 14.4 Å². The van der Waals surface area contributed by atoms with Gasteiger partial charge in [0, 0.05) is 19.3 Å². The Morgan fingerprint density at radius 3 is 2.35 bits per heavy atom. The molecule has 0 bridgehead atoms. The normalized spacial score (nSPS) is 25.4. The molecule has 0 aromatic heterocycles. The van der Waals surface area contributed by atoms with Crippen molar-refractivity contribution in [3.8, 4) is 0 Å². The van der Waals surface area contributed by atoms with Crippen LogP contribution in [0.25, 0.3) is 0 Å². The summed E-state index contributed by atoms with van der Waals surface area (Å²) in [6, 6.07) is 2.03. The molecule has 1 aliphatic heterocycles. The number of ether oxygens (including phenoxy) is 2. The van der Waals surface area contributed by atoms with Crippen molar-refractivity contribution in [2.24, 2.45) is 17.8 Å². The van der Waals surface area contributed by atoms with Crippen LogP contribution >= 0.6 is 0 Å². The number of halogens is 2. The van der Waals surface area contributed by atoms with Crippen molar-refractivity contribution in [2.75, 3.05) is 26.0 Å². The lowest BCUT2D eigenvalue weighted by molar-refractivity contribution is 0.0463. The molecule has 172 valence electrons. The lowest BCUT2D eigenvalue weighted by Gasteiger charge is -2.32. The lowest BCUT2D eigenvalue weighted by Crippen LogP contribution is -2.40. The fourth-order valence-corrected chi connectivity index (χ4v) is 5.31. The zero-order chi connectivity index (χ0) is 22.4. The molecule has 0 spiro atoms. The molecule has 1 unspecified atom stereocenters. The molecule has 4 rings (SSSR count). The summed E-state index contributed by atoms with van der Waals surface area (Å²) in [5.74, 6) is -0.658. The van der Waals surface area contributed by atoms with Crippen LogP contribution in [0.4, 0.5) is 13.6 Å². The second-order valence-electron chi connectivity index (χ2n) is 9.48. The predicted molar refractivity (Wildman–Crippen MR) is 109 cm³/mol. The Labute approximate surface area is 181 Å². The number of carbonyl (C=O) groups excluding carboxylic acids is 1. The number of benzene rings is 1. The monoisotopic (exact) mass is 457 g/mol. The van der Waals surface area contributed by atoms with E-state index >= 15 is 0 Å². The molecule has 3 fully saturated rings. The first-order valence-electron chi connectivity index (χ1n) is 10.8. The quantitative estimate of drug-likeness (QED) is 0.621. The average Bonchev–Trinajstić information content (AvgIpc) is 3.58. The van der Waals surface area contributed by atoms with Crippen LogP contribution in [-0.2, 0) is 25.9 Å². The maximum absolute atomic E-state index is 14.0. The van der Waals surface area contributed by atoms with Gasteiger partial charge in [-0.05, 0) is 74.5 Å². The molecule has 1 heterocycles. The summed E-state index contributed by atoms with van der Waals surface area (Å²) in [6.45, 7) is 3.94. The molecule has 9 heteroatoms. The minimum absolute atomic E-state index is 0.0319. The van der Waals surface area contributed by atoms with Crippen LogP contribution in [-0.4, -0.2) is 51.0 Å². The van der Waals surface area contributed by atoms with Gasteiger partial charge in [0.25, 0.3) is 0 Å². The first-order valence-corrected chi connectivity index (χ1v) is 12.7. The van der Waals surface area contributed by atoms with Gasteiger partial charge in [-0.3, -0.25) is 0 Å². The molecular formula is C22H29F2NO5S. The van der Waals surface area contributed by atoms with Crippen LogP contribution < -0.4 is 0 Å². The van der Waals surface area contributed by atoms with Crippen LogP contribution in [0, 0.1) is 29.4 Å². The maximum atomic E-state index is 14.0. The number of hydrogen-bond donors (Lipinski definition) is 0. The van der Waals surface area contributed by atoms with Crippen molar-refractivity contribution >= 4 is 15.9 Å². The van der Waals surface area contributed by atoms with E-state index in [9.17, 15) is 22.0 Å². The summed E-state index contributed by atoms with van der Waals surface area (Å²) in [6.07, 6.45) is 5.43. The van der Waals surface area contributed by atoms with Gasteiger partial charge in [0.05, 0.1) is 13.2 Å². The highest BCUT2D eigenvalue weighted by atomic mass is 32.2. The summed E-state index contributed by atoms with van der Waals surface area (Å²) in [7, 11) is -3.96. The number of piperidine rings is 1. The zero-order valence-electron chi connectivity index (χ0n) is 17.9. The maximum Gasteiger partial charge on any atom is 0.410 e. The van der Waals surface area contributed by atoms with Crippen molar-refractivity contribution in [3.63, 3.8) is 0 Å². The molecule has 1 aromatic carbocycles. The number of sulfone groups is 1. The molecule has 1 amide bonds. The Morgan fingerprint density at radius 1 is 1.19 bits per heavy atom. The zero-order valence-corrected chi connectivity index (χ0v) is 18.7. The fraction of sp³-hybridized carbons (Fsp3) is 0.682. The first-order chi connectivity index (χ1) is 14.6. The van der Waals surface area contributed by atoms with Gasteiger partial charge in [0.2, 0.25) is 0 Å². The van der Waals surface area contributed by atoms with Crippen molar-refractivity contribution in [2.45, 2.75) is 56.1 Å². The van der Waals surface area contributed by atoms with Gasteiger partial charge in [0.1, 0.15) is 22.1 Å². The smallest absolute Gasteiger partial charge is 0.410 e. The molecule has 6 nitrogen and oxygen atoms in total. The molecule has 2 saturated carbocycles. The fourth-order valence-electron chi connectivity index (χ4n) is 4.48. The van der Waals surface area contributed by atoms with Crippen LogP contribution in [0.3, 0.4) is 0 Å². The first kappa shape index (κ1) is 22.5. The molecule has 0 radical (unpaired) electrons. The number of hydrogen-bond acceptors (Lipinski definition) is 5. The molecule has 2 aliphatic carbocycles. The minimum Gasteiger partial charge on any atom is -0.443 e. The molecule has 31 heavy (non-hydrogen) atoms. The van der Waals surface area contributed by atoms with E-state index in [0.29, 0.717) is 24.4 Å². The number of carbonyl (C=O) groups is 1. The molecule has 3 aliphatic rings. The SMILES string of the molecule is CC1(OC(=O)N2CCC(C3C[C@H]3COCc3cc(F)c(S(C)(=O)=O)c(F)c3)CC2)CC1. The highest BCUT2D eigenvalue weighted by molar-refractivity contribution is 7.90. The summed E-state index contributed by atoms with van der Waals surface area (Å²) < 4.78 is 62.1. The summed E-state index contributed by atoms with van der Waals surface area (Å²) in [5.41, 5.74) is 0.0276. The van der Waals surface area contributed by atoms with Crippen LogP contribution in [0.15, 0.2) is 17.0 Å². The third kappa shape index (κ3) is 5.37. The average molecular weight is 458 g/mol. The third-order valence-electron chi connectivity index (χ3n) is 6.70. The van der Waals surface area contributed by atoms with Gasteiger partial charge in [-0.2, -0.15) is 0 Å². The van der Waals surface area contributed by atoms with Gasteiger partial charge in [0.15, 0.2) is 9.84 Å². The van der Waals surface area contributed by atoms with Crippen LogP contribution in [0.2, 0.25) is 0 Å². The van der Waals surface area contributed by atoms with E-state index in [4.69, 9.17) is 9.47 Å². The summed E-state index contributed by atoms with van der Waals surface area (Å²) in [4.78, 5) is 13.1. The highest BCUT2D eigenvalue weighted by Gasteiger charge is 2.46. The Kier molecular flexibility index (Phi) is 6.02. The number of likely N-dealkylation sites (tertiary alicyclic amines) is 1. The summed E-state index contributed by atoms with van der Waals surface area (Å²) >= 11 is 0. The van der Waals surface area contributed by atoms with E-state index in [-0.39, 0.29) is 23.9 Å². The van der Waals surface area contributed by atoms with Crippen molar-refractivity contribution in [1.29, 1.82) is 0 Å². The van der Waals surface area contributed by atoms with E-state index in [2.05, 4.69) is 0 Å². The van der Waals surface area contributed by atoms with Crippen LogP contribution in [0.5, 0.6) is 0 Å². The van der Waals surface area contributed by atoms with Crippen molar-refractivity contribution < 1.29 is 31.5 Å². The van der Waals surface area contributed by atoms with E-state index in [1.54, 1.807) is 4.90 Å². The second kappa shape index (κ2) is 8.31. The van der Waals surface area contributed by atoms with Crippen molar-refractivity contribution in [1.82, 2.24) is 4.90 Å². The molecular weight excluding hydrogens is 428 g/mol. The van der Waals surface area contributed by atoms with Gasteiger partial charge in [-0.15, -0.1) is 0 Å². The van der Waals surface area contributed by atoms with Crippen molar-refractivity contribution in [3.05, 3.63) is 29.3 Å². The Bertz CT molecular complexity index is 932. The Morgan fingerprint density at radius 2 is 1.81 bits per heavy atom. The van der Waals surface area contributed by atoms with E-state index < -0.39 is 26.4 Å². The van der Waals surface area contributed by atoms with Gasteiger partial charge in [-0.1, -0.05) is 0 Å². The Hall–Kier alpha value is -1.74. The van der Waals surface area contributed by atoms with E-state index in [0.717, 1.165) is 63.6 Å². The summed E-state index contributed by atoms with van der Waals surface area (Å²) in [5, 5.41) is 0. The topological polar surface area (TPSA) is 72.9 Å². The molecule has 1 saturated heterocycles. The third-order valence-corrected chi connectivity index (χ3v) is 7.83. The second-order valence-corrected chi connectivity index (χ2v) is 11.4. The van der Waals surface area contributed by atoms with Gasteiger partial charge >= 0.3 is 6.09 Å². The number of rotatable bonds is 7. The standard InChI is InChI=1S/C22H29F2NO5S/c1-22(5-6-22)30-21(26)25-7-3-15(4-8-25)17-11-16(17)13-29-12-14-9-18(23)20(19(24)10-14)31(2,27)28/h9-10,15-17H,3-8,11-13H2,1-2H3/t16-,17?/m0/s1. The molecule has 1 aromatic rings. The van der Waals surface area contributed by atoms with E-state index in [1.807, 2.05) is 6.92 Å². The minimum atomic E-state index is -3.96. The highest BCUT2D eigenvalue weighted by Crippen LogP contribution is 2.48.